The molecule has 4 nitrogen and oxygen atoms in total. The largest absolute Gasteiger partial charge is 0.543 e. The molecule has 0 saturated heterocycles. The first-order valence-corrected chi connectivity index (χ1v) is 7.59. The van der Waals surface area contributed by atoms with Crippen LogP contribution in [-0.2, 0) is 6.18 Å². The third-order valence-corrected chi connectivity index (χ3v) is 3.88. The van der Waals surface area contributed by atoms with Crippen LogP contribution in [-0.4, -0.2) is 15.7 Å². The van der Waals surface area contributed by atoms with Gasteiger partial charge < -0.3 is 9.90 Å². The molecule has 2 aromatic carbocycles. The first kappa shape index (κ1) is 18.8. The Morgan fingerprint density at radius 3 is 2.37 bits per heavy atom. The minimum atomic E-state index is -4.82. The quantitative estimate of drug-likeness (QED) is 0.626. The third-order valence-electron chi connectivity index (χ3n) is 3.59. The fourth-order valence-electron chi connectivity index (χ4n) is 2.40. The molecule has 0 saturated carbocycles. The molecule has 0 aliphatic heterocycles. The first-order valence-electron chi connectivity index (χ1n) is 7.21. The average Bonchev–Trinajstić information content (AvgIpc) is 3.01. The van der Waals surface area contributed by atoms with Gasteiger partial charge in [-0.05, 0) is 42.5 Å². The van der Waals surface area contributed by atoms with Crippen LogP contribution in [0.2, 0.25) is 5.02 Å². The number of benzene rings is 2. The maximum absolute atomic E-state index is 13.7. The summed E-state index contributed by atoms with van der Waals surface area (Å²) in [6.07, 6.45) is -4.82. The Labute approximate surface area is 153 Å². The highest BCUT2D eigenvalue weighted by Crippen LogP contribution is 2.34. The SMILES string of the molecule is O=C([O-])c1cc(-c2cc(F)cc(C(F)(F)F)c2)n(-c2ccc(F)c(Cl)c2)n1. The molecule has 0 radical (unpaired) electrons. The van der Waals surface area contributed by atoms with Crippen molar-refractivity contribution in [1.29, 1.82) is 0 Å². The highest BCUT2D eigenvalue weighted by molar-refractivity contribution is 6.30. The number of alkyl halides is 3. The minimum absolute atomic E-state index is 0.0571. The molecule has 0 aliphatic rings. The minimum Gasteiger partial charge on any atom is -0.543 e. The van der Waals surface area contributed by atoms with Crippen molar-refractivity contribution in [2.75, 3.05) is 0 Å². The van der Waals surface area contributed by atoms with Gasteiger partial charge in [-0.3, -0.25) is 0 Å². The van der Waals surface area contributed by atoms with Crippen LogP contribution in [0.15, 0.2) is 42.5 Å². The van der Waals surface area contributed by atoms with Gasteiger partial charge >= 0.3 is 6.18 Å². The monoisotopic (exact) mass is 401 g/mol. The molecule has 3 aromatic rings. The van der Waals surface area contributed by atoms with Gasteiger partial charge in [-0.1, -0.05) is 11.6 Å². The molecule has 10 heteroatoms. The predicted molar refractivity (Wildman–Crippen MR) is 83.3 cm³/mol. The van der Waals surface area contributed by atoms with Crippen LogP contribution in [0.4, 0.5) is 22.0 Å². The summed E-state index contributed by atoms with van der Waals surface area (Å²) in [6.45, 7) is 0. The summed E-state index contributed by atoms with van der Waals surface area (Å²) in [4.78, 5) is 11.1. The van der Waals surface area contributed by atoms with Crippen molar-refractivity contribution in [2.24, 2.45) is 0 Å². The summed E-state index contributed by atoms with van der Waals surface area (Å²) in [5.74, 6) is -3.64. The zero-order valence-electron chi connectivity index (χ0n) is 13.0. The molecule has 0 amide bonds. The van der Waals surface area contributed by atoms with Gasteiger partial charge in [0.15, 0.2) is 0 Å². The Balaban J connectivity index is 2.25. The summed E-state index contributed by atoms with van der Waals surface area (Å²) < 4.78 is 66.9. The van der Waals surface area contributed by atoms with Crippen molar-refractivity contribution in [1.82, 2.24) is 9.78 Å². The second-order valence-electron chi connectivity index (χ2n) is 5.44. The van der Waals surface area contributed by atoms with Gasteiger partial charge in [0.05, 0.1) is 27.9 Å². The first-order chi connectivity index (χ1) is 12.6. The third kappa shape index (κ3) is 3.77. The summed E-state index contributed by atoms with van der Waals surface area (Å²) in [7, 11) is 0. The van der Waals surface area contributed by atoms with E-state index in [0.29, 0.717) is 12.1 Å². The van der Waals surface area contributed by atoms with E-state index in [1.807, 2.05) is 0 Å². The highest BCUT2D eigenvalue weighted by atomic mass is 35.5. The van der Waals surface area contributed by atoms with Crippen molar-refractivity contribution in [3.63, 3.8) is 0 Å². The maximum atomic E-state index is 13.7. The van der Waals surface area contributed by atoms with Crippen molar-refractivity contribution in [3.8, 4) is 16.9 Å². The van der Waals surface area contributed by atoms with E-state index < -0.39 is 35.0 Å². The predicted octanol–water partition coefficient (Wildman–Crippen LogP) is 3.85. The lowest BCUT2D eigenvalue weighted by Crippen LogP contribution is -2.22. The Hall–Kier alpha value is -2.94. The molecule has 0 atom stereocenters. The molecule has 3 rings (SSSR count). The van der Waals surface area contributed by atoms with Crippen LogP contribution in [0.5, 0.6) is 0 Å². The second kappa shape index (κ2) is 6.66. The van der Waals surface area contributed by atoms with E-state index in [2.05, 4.69) is 5.10 Å². The highest BCUT2D eigenvalue weighted by Gasteiger charge is 2.32. The van der Waals surface area contributed by atoms with E-state index in [4.69, 9.17) is 11.6 Å². The fraction of sp³-hybridized carbons (Fsp3) is 0.0588. The van der Waals surface area contributed by atoms with Crippen molar-refractivity contribution in [3.05, 3.63) is 70.4 Å². The lowest BCUT2D eigenvalue weighted by molar-refractivity contribution is -0.255. The number of rotatable bonds is 3. The van der Waals surface area contributed by atoms with Crippen LogP contribution in [0.25, 0.3) is 16.9 Å². The lowest BCUT2D eigenvalue weighted by atomic mass is 10.1. The number of carboxylic acids is 1. The van der Waals surface area contributed by atoms with Crippen LogP contribution < -0.4 is 5.11 Å². The Kier molecular flexibility index (Phi) is 4.64. The van der Waals surface area contributed by atoms with Gasteiger partial charge in [0.25, 0.3) is 0 Å². The number of aromatic carboxylic acids is 1. The number of halogens is 6. The zero-order chi connectivity index (χ0) is 19.9. The van der Waals surface area contributed by atoms with Crippen LogP contribution >= 0.6 is 11.6 Å². The second-order valence-corrected chi connectivity index (χ2v) is 5.85. The number of carboxylic acid groups (broad SMARTS) is 1. The normalized spacial score (nSPS) is 11.6. The lowest BCUT2D eigenvalue weighted by Gasteiger charge is -2.12. The van der Waals surface area contributed by atoms with E-state index in [1.54, 1.807) is 0 Å². The molecule has 0 aliphatic carbocycles. The molecular formula is C17H7ClF5N2O2-. The Morgan fingerprint density at radius 2 is 1.78 bits per heavy atom. The number of nitrogens with zero attached hydrogens (tertiary/aromatic N) is 2. The van der Waals surface area contributed by atoms with Crippen molar-refractivity contribution >= 4 is 17.6 Å². The average molecular weight is 402 g/mol. The number of aromatic nitrogens is 2. The Morgan fingerprint density at radius 1 is 1.07 bits per heavy atom. The Bertz CT molecular complexity index is 1050. The summed E-state index contributed by atoms with van der Waals surface area (Å²) in [6, 6.07) is 5.89. The van der Waals surface area contributed by atoms with Crippen molar-refractivity contribution < 1.29 is 31.9 Å². The molecule has 0 unspecified atom stereocenters. The van der Waals surface area contributed by atoms with Gasteiger partial charge in [-0.15, -0.1) is 0 Å². The van der Waals surface area contributed by atoms with Gasteiger partial charge in [0.2, 0.25) is 0 Å². The van der Waals surface area contributed by atoms with E-state index >= 15 is 0 Å². The van der Waals surface area contributed by atoms with Crippen molar-refractivity contribution in [2.45, 2.75) is 6.18 Å². The molecule has 27 heavy (non-hydrogen) atoms. The topological polar surface area (TPSA) is 57.9 Å². The molecule has 0 N–H and O–H groups in total. The zero-order valence-corrected chi connectivity index (χ0v) is 13.8. The number of hydrogen-bond acceptors (Lipinski definition) is 3. The van der Waals surface area contributed by atoms with E-state index in [0.717, 1.165) is 28.9 Å². The fourth-order valence-corrected chi connectivity index (χ4v) is 2.58. The number of hydrogen-bond donors (Lipinski definition) is 0. The van der Waals surface area contributed by atoms with E-state index in [-0.39, 0.29) is 22.0 Å². The summed E-state index contributed by atoms with van der Waals surface area (Å²) in [5.41, 5.74) is -2.29. The molecule has 0 spiro atoms. The van der Waals surface area contributed by atoms with E-state index in [9.17, 15) is 31.9 Å². The maximum Gasteiger partial charge on any atom is 0.416 e. The molecule has 0 bridgehead atoms. The van der Waals surface area contributed by atoms with Crippen LogP contribution in [0, 0.1) is 11.6 Å². The molecular weight excluding hydrogens is 395 g/mol. The van der Waals surface area contributed by atoms with Gasteiger partial charge in [0, 0.05) is 5.56 Å². The van der Waals surface area contributed by atoms with Gasteiger partial charge in [0.1, 0.15) is 17.3 Å². The molecule has 1 heterocycles. The standard InChI is InChI=1S/C17H8ClF5N2O2/c18-12-6-11(1-2-13(12)20)25-15(7-14(24-25)16(26)27)8-3-9(17(21,22)23)5-10(19)4-8/h1-7H,(H,26,27)/p-1. The molecule has 140 valence electrons. The summed E-state index contributed by atoms with van der Waals surface area (Å²) >= 11 is 5.69. The smallest absolute Gasteiger partial charge is 0.416 e. The van der Waals surface area contributed by atoms with Gasteiger partial charge in [-0.2, -0.15) is 18.3 Å². The molecule has 1 aromatic heterocycles. The number of carbonyl (C=O) groups is 1. The number of carbonyl (C=O) groups excluding carboxylic acids is 1. The van der Waals surface area contributed by atoms with E-state index in [1.165, 1.54) is 6.07 Å². The van der Waals surface area contributed by atoms with Crippen LogP contribution in [0.3, 0.4) is 0 Å². The molecule has 0 fully saturated rings. The van der Waals surface area contributed by atoms with Gasteiger partial charge in [-0.25, -0.2) is 13.5 Å². The summed E-state index contributed by atoms with van der Waals surface area (Å²) in [5, 5.41) is 14.5. The van der Waals surface area contributed by atoms with Crippen LogP contribution in [0.1, 0.15) is 16.1 Å².